The van der Waals surface area contributed by atoms with Gasteiger partial charge in [0, 0.05) is 18.5 Å². The monoisotopic (exact) mass is 369 g/mol. The largest absolute Gasteiger partial charge is 0.497 e. The zero-order chi connectivity index (χ0) is 19.1. The van der Waals surface area contributed by atoms with E-state index in [2.05, 4.69) is 20.0 Å². The molecular weight excluding hydrogens is 346 g/mol. The number of ether oxygens (including phenoxy) is 2. The standard InChI is InChI=1S/C20H23N3O4/c1-25-15-9-7-14(8-10-15)16-12-27-20-18(16)19(22-13-23-20)21-11-5-3-4-6-17(24)26-2/h7-10,12-13H,3-6,11H2,1-2H3,(H,21,22,23). The molecular formula is C20H23N3O4. The van der Waals surface area contributed by atoms with E-state index >= 15 is 0 Å². The number of benzene rings is 1. The molecule has 0 aliphatic heterocycles. The second kappa shape index (κ2) is 9.02. The summed E-state index contributed by atoms with van der Waals surface area (Å²) in [6.45, 7) is 0.751. The molecule has 2 heterocycles. The first-order valence-electron chi connectivity index (χ1n) is 8.90. The van der Waals surface area contributed by atoms with Gasteiger partial charge in [0.2, 0.25) is 5.71 Å². The number of fused-ring (bicyclic) bond motifs is 1. The van der Waals surface area contributed by atoms with Gasteiger partial charge in [-0.15, -0.1) is 0 Å². The number of unbranched alkanes of at least 4 members (excludes halogenated alkanes) is 2. The number of nitrogens with one attached hydrogen (secondary N) is 1. The van der Waals surface area contributed by atoms with Gasteiger partial charge in [-0.1, -0.05) is 18.6 Å². The first-order chi connectivity index (χ1) is 13.2. The number of furan rings is 1. The average molecular weight is 369 g/mol. The molecule has 0 atom stereocenters. The number of hydrogen-bond donors (Lipinski definition) is 1. The first-order valence-corrected chi connectivity index (χ1v) is 8.90. The summed E-state index contributed by atoms with van der Waals surface area (Å²) < 4.78 is 15.5. The minimum absolute atomic E-state index is 0.164. The quantitative estimate of drug-likeness (QED) is 0.450. The average Bonchev–Trinajstić information content (AvgIpc) is 3.15. The van der Waals surface area contributed by atoms with Crippen molar-refractivity contribution in [2.24, 2.45) is 0 Å². The summed E-state index contributed by atoms with van der Waals surface area (Å²) in [5.41, 5.74) is 2.48. The molecule has 1 aromatic carbocycles. The van der Waals surface area contributed by atoms with Crippen molar-refractivity contribution >= 4 is 22.9 Å². The van der Waals surface area contributed by atoms with E-state index in [9.17, 15) is 4.79 Å². The van der Waals surface area contributed by atoms with E-state index < -0.39 is 0 Å². The molecule has 142 valence electrons. The Kier molecular flexibility index (Phi) is 6.25. The summed E-state index contributed by atoms with van der Waals surface area (Å²) in [5.74, 6) is 1.38. The number of hydrogen-bond acceptors (Lipinski definition) is 7. The lowest BCUT2D eigenvalue weighted by Crippen LogP contribution is -2.05. The molecule has 0 amide bonds. The fraction of sp³-hybridized carbons (Fsp3) is 0.350. The Morgan fingerprint density at radius 1 is 1.11 bits per heavy atom. The van der Waals surface area contributed by atoms with Gasteiger partial charge in [0.25, 0.3) is 0 Å². The van der Waals surface area contributed by atoms with Crippen LogP contribution in [0.3, 0.4) is 0 Å². The maximum absolute atomic E-state index is 11.1. The van der Waals surface area contributed by atoms with E-state index in [1.807, 2.05) is 24.3 Å². The van der Waals surface area contributed by atoms with Crippen LogP contribution >= 0.6 is 0 Å². The summed E-state index contributed by atoms with van der Waals surface area (Å²) in [7, 11) is 3.05. The second-order valence-corrected chi connectivity index (χ2v) is 6.09. The van der Waals surface area contributed by atoms with Gasteiger partial charge < -0.3 is 19.2 Å². The smallest absolute Gasteiger partial charge is 0.305 e. The van der Waals surface area contributed by atoms with Crippen LogP contribution in [0.15, 0.2) is 41.3 Å². The van der Waals surface area contributed by atoms with Gasteiger partial charge in [0.15, 0.2) is 0 Å². The Morgan fingerprint density at radius 3 is 2.67 bits per heavy atom. The molecule has 1 N–H and O–H groups in total. The molecule has 0 bridgehead atoms. The molecule has 7 heteroatoms. The van der Waals surface area contributed by atoms with Gasteiger partial charge in [-0.3, -0.25) is 4.79 Å². The maximum Gasteiger partial charge on any atom is 0.305 e. The molecule has 3 aromatic rings. The van der Waals surface area contributed by atoms with Crippen molar-refractivity contribution in [1.29, 1.82) is 0 Å². The lowest BCUT2D eigenvalue weighted by molar-refractivity contribution is -0.140. The Balaban J connectivity index is 1.68. The molecule has 0 saturated heterocycles. The fourth-order valence-electron chi connectivity index (χ4n) is 2.87. The zero-order valence-corrected chi connectivity index (χ0v) is 15.5. The Labute approximate surface area is 157 Å². The van der Waals surface area contributed by atoms with E-state index in [-0.39, 0.29) is 5.97 Å². The number of esters is 1. The number of carbonyl (C=O) groups excluding carboxylic acids is 1. The van der Waals surface area contributed by atoms with Gasteiger partial charge in [-0.2, -0.15) is 0 Å². The third kappa shape index (κ3) is 4.55. The lowest BCUT2D eigenvalue weighted by Gasteiger charge is -2.08. The third-order valence-corrected chi connectivity index (χ3v) is 4.35. The van der Waals surface area contributed by atoms with Crippen molar-refractivity contribution in [3.8, 4) is 16.9 Å². The topological polar surface area (TPSA) is 86.5 Å². The van der Waals surface area contributed by atoms with Crippen molar-refractivity contribution in [2.75, 3.05) is 26.1 Å². The van der Waals surface area contributed by atoms with E-state index in [0.717, 1.165) is 53.9 Å². The minimum Gasteiger partial charge on any atom is -0.497 e. The maximum atomic E-state index is 11.1. The highest BCUT2D eigenvalue weighted by atomic mass is 16.5. The zero-order valence-electron chi connectivity index (χ0n) is 15.5. The minimum atomic E-state index is -0.164. The normalized spacial score (nSPS) is 10.7. The molecule has 2 aromatic heterocycles. The van der Waals surface area contributed by atoms with E-state index in [1.54, 1.807) is 13.4 Å². The van der Waals surface area contributed by atoms with Crippen LogP contribution in [-0.4, -0.2) is 36.7 Å². The van der Waals surface area contributed by atoms with Crippen LogP contribution in [0.4, 0.5) is 5.82 Å². The third-order valence-electron chi connectivity index (χ3n) is 4.35. The second-order valence-electron chi connectivity index (χ2n) is 6.09. The van der Waals surface area contributed by atoms with Crippen LogP contribution < -0.4 is 10.1 Å². The predicted molar refractivity (Wildman–Crippen MR) is 103 cm³/mol. The number of carbonyl (C=O) groups is 1. The summed E-state index contributed by atoms with van der Waals surface area (Å²) in [6, 6.07) is 7.78. The van der Waals surface area contributed by atoms with E-state index in [1.165, 1.54) is 13.4 Å². The van der Waals surface area contributed by atoms with Crippen molar-refractivity contribution in [3.05, 3.63) is 36.9 Å². The molecule has 0 spiro atoms. The van der Waals surface area contributed by atoms with Crippen molar-refractivity contribution in [2.45, 2.75) is 25.7 Å². The molecule has 0 saturated carbocycles. The van der Waals surface area contributed by atoms with Gasteiger partial charge in [-0.05, 0) is 30.5 Å². The van der Waals surface area contributed by atoms with Gasteiger partial charge in [0.1, 0.15) is 24.2 Å². The molecule has 0 aliphatic carbocycles. The summed E-state index contributed by atoms with van der Waals surface area (Å²) >= 11 is 0. The van der Waals surface area contributed by atoms with Crippen LogP contribution in [-0.2, 0) is 9.53 Å². The van der Waals surface area contributed by atoms with E-state index in [4.69, 9.17) is 9.15 Å². The molecule has 0 fully saturated rings. The fourth-order valence-corrected chi connectivity index (χ4v) is 2.87. The molecule has 27 heavy (non-hydrogen) atoms. The van der Waals surface area contributed by atoms with Crippen molar-refractivity contribution in [3.63, 3.8) is 0 Å². The van der Waals surface area contributed by atoms with Crippen LogP contribution in [0, 0.1) is 0 Å². The van der Waals surface area contributed by atoms with Crippen LogP contribution in [0.25, 0.3) is 22.2 Å². The molecule has 3 rings (SSSR count). The molecule has 0 aliphatic rings. The van der Waals surface area contributed by atoms with Crippen LogP contribution in [0.2, 0.25) is 0 Å². The first kappa shape index (κ1) is 18.7. The van der Waals surface area contributed by atoms with Crippen molar-refractivity contribution in [1.82, 2.24) is 9.97 Å². The highest BCUT2D eigenvalue weighted by molar-refractivity contribution is 5.99. The highest BCUT2D eigenvalue weighted by Gasteiger charge is 2.14. The van der Waals surface area contributed by atoms with Gasteiger partial charge in [-0.25, -0.2) is 9.97 Å². The SMILES string of the molecule is COC(=O)CCCCCNc1ncnc2occ(-c3ccc(OC)cc3)c12. The summed E-state index contributed by atoms with van der Waals surface area (Å²) in [6.07, 6.45) is 6.32. The van der Waals surface area contributed by atoms with Gasteiger partial charge in [0.05, 0.1) is 19.6 Å². The number of anilines is 1. The summed E-state index contributed by atoms with van der Waals surface area (Å²) in [4.78, 5) is 19.7. The lowest BCUT2D eigenvalue weighted by atomic mass is 10.1. The Hall–Kier alpha value is -3.09. The molecule has 7 nitrogen and oxygen atoms in total. The van der Waals surface area contributed by atoms with E-state index in [0.29, 0.717) is 12.1 Å². The highest BCUT2D eigenvalue weighted by Crippen LogP contribution is 2.34. The predicted octanol–water partition coefficient (Wildman–Crippen LogP) is 4.04. The van der Waals surface area contributed by atoms with Crippen molar-refractivity contribution < 1.29 is 18.7 Å². The Bertz CT molecular complexity index is 890. The summed E-state index contributed by atoms with van der Waals surface area (Å²) in [5, 5.41) is 4.22. The Morgan fingerprint density at radius 2 is 1.93 bits per heavy atom. The molecule has 0 radical (unpaired) electrons. The molecule has 0 unspecified atom stereocenters. The van der Waals surface area contributed by atoms with Crippen LogP contribution in [0.1, 0.15) is 25.7 Å². The number of aromatic nitrogens is 2. The number of nitrogens with zero attached hydrogens (tertiary/aromatic N) is 2. The van der Waals surface area contributed by atoms with Gasteiger partial charge >= 0.3 is 5.97 Å². The van der Waals surface area contributed by atoms with Crippen LogP contribution in [0.5, 0.6) is 5.75 Å². The number of rotatable bonds is 9. The number of methoxy groups -OCH3 is 2.